The van der Waals surface area contributed by atoms with Crippen LogP contribution in [0.5, 0.6) is 0 Å². The molecule has 17 heavy (non-hydrogen) atoms. The molecule has 0 spiro atoms. The predicted molar refractivity (Wildman–Crippen MR) is 66.2 cm³/mol. The first-order valence-electron chi connectivity index (χ1n) is 5.12. The number of allylic oxidation sites excluding steroid dienone is 5. The zero-order valence-corrected chi connectivity index (χ0v) is 9.79. The number of rotatable bonds is 4. The molecule has 0 unspecified atom stereocenters. The smallest absolute Gasteiger partial charge is 0.328 e. The molecule has 4 nitrogen and oxygen atoms in total. The Balaban J connectivity index is 2.72. The van der Waals surface area contributed by atoms with E-state index in [0.717, 1.165) is 17.3 Å². The Morgan fingerprint density at radius 2 is 2.12 bits per heavy atom. The number of hydrogen-bond acceptors (Lipinski definition) is 3. The van der Waals surface area contributed by atoms with Crippen molar-refractivity contribution in [3.8, 4) is 0 Å². The lowest BCUT2D eigenvalue weighted by Gasteiger charge is -1.96. The van der Waals surface area contributed by atoms with Crippen LogP contribution in [0.3, 0.4) is 0 Å². The monoisotopic (exact) mass is 230 g/mol. The third kappa shape index (κ3) is 4.88. The Bertz CT molecular complexity index is 473. The van der Waals surface area contributed by atoms with Crippen molar-refractivity contribution in [1.29, 1.82) is 0 Å². The summed E-state index contributed by atoms with van der Waals surface area (Å²) in [6.45, 7) is 3.65. The molecule has 88 valence electrons. The highest BCUT2D eigenvalue weighted by Crippen LogP contribution is 2.08. The number of nitrogens with zero attached hydrogens (tertiary/aromatic N) is 2. The van der Waals surface area contributed by atoms with Crippen LogP contribution < -0.4 is 0 Å². The fourth-order valence-electron chi connectivity index (χ4n) is 1.18. The van der Waals surface area contributed by atoms with E-state index in [1.807, 2.05) is 13.0 Å². The van der Waals surface area contributed by atoms with Gasteiger partial charge in [0.2, 0.25) is 0 Å². The molecule has 1 rings (SSSR count). The zero-order chi connectivity index (χ0) is 12.7. The topological polar surface area (TPSA) is 63.1 Å². The van der Waals surface area contributed by atoms with Gasteiger partial charge >= 0.3 is 5.97 Å². The second-order valence-corrected chi connectivity index (χ2v) is 3.53. The molecule has 1 N–H and O–H groups in total. The van der Waals surface area contributed by atoms with Gasteiger partial charge in [-0.3, -0.25) is 9.97 Å². The summed E-state index contributed by atoms with van der Waals surface area (Å²) < 4.78 is 0. The normalized spacial score (nSPS) is 13.1. The number of carboxylic acids is 1. The first-order chi connectivity index (χ1) is 8.09. The largest absolute Gasteiger partial charge is 0.478 e. The van der Waals surface area contributed by atoms with Crippen molar-refractivity contribution in [1.82, 2.24) is 9.97 Å². The molecule has 0 aliphatic heterocycles. The predicted octanol–water partition coefficient (Wildman–Crippen LogP) is 2.47. The fourth-order valence-corrected chi connectivity index (χ4v) is 1.18. The molecule has 0 radical (unpaired) electrons. The van der Waals surface area contributed by atoms with Gasteiger partial charge in [-0.2, -0.15) is 0 Å². The molecule has 4 heteroatoms. The first kappa shape index (κ1) is 12.8. The maximum absolute atomic E-state index is 10.4. The van der Waals surface area contributed by atoms with E-state index in [1.54, 1.807) is 37.7 Å². The number of aromatic nitrogens is 2. The third-order valence-corrected chi connectivity index (χ3v) is 2.02. The van der Waals surface area contributed by atoms with Gasteiger partial charge in [-0.25, -0.2) is 4.79 Å². The Morgan fingerprint density at radius 1 is 1.35 bits per heavy atom. The summed E-state index contributed by atoms with van der Waals surface area (Å²) in [4.78, 5) is 18.5. The van der Waals surface area contributed by atoms with E-state index < -0.39 is 5.97 Å². The van der Waals surface area contributed by atoms with Gasteiger partial charge in [-0.05, 0) is 25.0 Å². The molecule has 1 aromatic rings. The minimum atomic E-state index is -0.943. The average molecular weight is 230 g/mol. The van der Waals surface area contributed by atoms with Crippen molar-refractivity contribution < 1.29 is 9.90 Å². The summed E-state index contributed by atoms with van der Waals surface area (Å²) in [5.41, 5.74) is 2.45. The summed E-state index contributed by atoms with van der Waals surface area (Å²) in [6, 6.07) is 0. The van der Waals surface area contributed by atoms with Gasteiger partial charge in [-0.15, -0.1) is 0 Å². The molecular weight excluding hydrogens is 216 g/mol. The summed E-state index contributed by atoms with van der Waals surface area (Å²) in [6.07, 6.45) is 11.5. The molecule has 0 atom stereocenters. The molecule has 0 saturated carbocycles. The van der Waals surface area contributed by atoms with Gasteiger partial charge < -0.3 is 5.11 Å². The van der Waals surface area contributed by atoms with E-state index in [0.29, 0.717) is 5.57 Å². The van der Waals surface area contributed by atoms with Crippen LogP contribution in [-0.2, 0) is 4.79 Å². The van der Waals surface area contributed by atoms with Gasteiger partial charge in [0.1, 0.15) is 0 Å². The molecule has 1 aromatic heterocycles. The Labute approximate surface area is 100 Å². The van der Waals surface area contributed by atoms with E-state index in [2.05, 4.69) is 9.97 Å². The number of aliphatic carboxylic acids is 1. The fraction of sp³-hybridized carbons (Fsp3) is 0.154. The molecule has 0 aliphatic carbocycles. The van der Waals surface area contributed by atoms with E-state index in [1.165, 1.54) is 0 Å². The average Bonchev–Trinajstić information content (AvgIpc) is 2.29. The number of carbonyl (C=O) groups is 1. The molecule has 0 aromatic carbocycles. The van der Waals surface area contributed by atoms with Crippen LogP contribution in [0.15, 0.2) is 48.5 Å². The Morgan fingerprint density at radius 3 is 2.71 bits per heavy atom. The third-order valence-electron chi connectivity index (χ3n) is 2.02. The summed E-state index contributed by atoms with van der Waals surface area (Å²) >= 11 is 0. The van der Waals surface area contributed by atoms with E-state index in [-0.39, 0.29) is 0 Å². The van der Waals surface area contributed by atoms with Crippen LogP contribution in [0.1, 0.15) is 19.5 Å². The van der Waals surface area contributed by atoms with Crippen LogP contribution in [0, 0.1) is 0 Å². The van der Waals surface area contributed by atoms with Crippen molar-refractivity contribution >= 4 is 11.5 Å². The molecule has 0 aliphatic rings. The second kappa shape index (κ2) is 6.37. The van der Waals surface area contributed by atoms with Crippen molar-refractivity contribution in [3.63, 3.8) is 0 Å². The Kier molecular flexibility index (Phi) is 4.81. The Hall–Kier alpha value is -2.23. The van der Waals surface area contributed by atoms with Crippen molar-refractivity contribution in [3.05, 3.63) is 54.2 Å². The number of carboxylic acid groups (broad SMARTS) is 1. The SMILES string of the molecule is C/C(=C/C=C/C(C)=C/C(=O)O)c1cnccn1. The lowest BCUT2D eigenvalue weighted by Crippen LogP contribution is -1.88. The van der Waals surface area contributed by atoms with Crippen LogP contribution in [0.25, 0.3) is 5.57 Å². The van der Waals surface area contributed by atoms with Gasteiger partial charge in [0.25, 0.3) is 0 Å². The minimum absolute atomic E-state index is 0.681. The molecule has 0 amide bonds. The van der Waals surface area contributed by atoms with Gasteiger partial charge in [-0.1, -0.05) is 18.2 Å². The molecule has 0 bridgehead atoms. The standard InChI is InChI=1S/C13H14N2O2/c1-10(8-13(16)17)4-3-5-11(2)12-9-14-6-7-15-12/h3-9H,1-2H3,(H,16,17)/b4-3+,10-8+,11-5-. The zero-order valence-electron chi connectivity index (χ0n) is 9.79. The summed E-state index contributed by atoms with van der Waals surface area (Å²) in [5, 5.41) is 8.53. The quantitative estimate of drug-likeness (QED) is 0.637. The van der Waals surface area contributed by atoms with E-state index >= 15 is 0 Å². The maximum Gasteiger partial charge on any atom is 0.328 e. The van der Waals surface area contributed by atoms with Gasteiger partial charge in [0.15, 0.2) is 0 Å². The lowest BCUT2D eigenvalue weighted by molar-refractivity contribution is -0.131. The highest BCUT2D eigenvalue weighted by molar-refractivity contribution is 5.81. The minimum Gasteiger partial charge on any atom is -0.478 e. The van der Waals surface area contributed by atoms with Gasteiger partial charge in [0.05, 0.1) is 11.9 Å². The first-order valence-corrected chi connectivity index (χ1v) is 5.12. The molecular formula is C13H14N2O2. The molecule has 1 heterocycles. The van der Waals surface area contributed by atoms with E-state index in [4.69, 9.17) is 5.11 Å². The lowest BCUT2D eigenvalue weighted by atomic mass is 10.2. The number of hydrogen-bond donors (Lipinski definition) is 1. The van der Waals surface area contributed by atoms with Crippen molar-refractivity contribution in [2.45, 2.75) is 13.8 Å². The highest BCUT2D eigenvalue weighted by atomic mass is 16.4. The molecule has 0 fully saturated rings. The molecule has 0 saturated heterocycles. The van der Waals surface area contributed by atoms with Crippen molar-refractivity contribution in [2.75, 3.05) is 0 Å². The van der Waals surface area contributed by atoms with E-state index in [9.17, 15) is 4.79 Å². The summed E-state index contributed by atoms with van der Waals surface area (Å²) in [5.74, 6) is -0.943. The highest BCUT2D eigenvalue weighted by Gasteiger charge is 1.94. The van der Waals surface area contributed by atoms with Crippen molar-refractivity contribution in [2.24, 2.45) is 0 Å². The summed E-state index contributed by atoms with van der Waals surface area (Å²) in [7, 11) is 0. The van der Waals surface area contributed by atoms with Crippen LogP contribution in [0.2, 0.25) is 0 Å². The van der Waals surface area contributed by atoms with Crippen LogP contribution in [0.4, 0.5) is 0 Å². The van der Waals surface area contributed by atoms with Gasteiger partial charge in [0, 0.05) is 18.5 Å². The second-order valence-electron chi connectivity index (χ2n) is 3.53. The van der Waals surface area contributed by atoms with Crippen LogP contribution in [-0.4, -0.2) is 21.0 Å². The van der Waals surface area contributed by atoms with Crippen LogP contribution >= 0.6 is 0 Å². The maximum atomic E-state index is 10.4.